The minimum Gasteiger partial charge on any atom is -0.462 e. The first-order chi connectivity index (χ1) is 13.0. The van der Waals surface area contributed by atoms with Gasteiger partial charge in [-0.15, -0.1) is 11.3 Å². The van der Waals surface area contributed by atoms with Crippen LogP contribution in [0.4, 0.5) is 5.69 Å². The van der Waals surface area contributed by atoms with Crippen molar-refractivity contribution in [1.82, 2.24) is 14.8 Å². The van der Waals surface area contributed by atoms with Crippen LogP contribution < -0.4 is 5.32 Å². The average molecular weight is 378 g/mol. The molecule has 0 saturated carbocycles. The lowest BCUT2D eigenvalue weighted by Crippen LogP contribution is -2.14. The Morgan fingerprint density at radius 3 is 2.59 bits per heavy atom. The summed E-state index contributed by atoms with van der Waals surface area (Å²) in [6.45, 7) is 5.70. The number of aryl methyl sites for hydroxylation is 2. The van der Waals surface area contributed by atoms with Gasteiger partial charge in [0, 0.05) is 4.88 Å². The van der Waals surface area contributed by atoms with Gasteiger partial charge < -0.3 is 9.73 Å². The van der Waals surface area contributed by atoms with Crippen LogP contribution in [0.25, 0.3) is 16.5 Å². The predicted molar refractivity (Wildman–Crippen MR) is 106 cm³/mol. The van der Waals surface area contributed by atoms with Gasteiger partial charge in [-0.25, -0.2) is 9.67 Å². The summed E-state index contributed by atoms with van der Waals surface area (Å²) in [5, 5.41) is 8.23. The van der Waals surface area contributed by atoms with Gasteiger partial charge in [-0.05, 0) is 45.0 Å². The molecule has 0 radical (unpaired) electrons. The molecule has 1 aromatic carbocycles. The van der Waals surface area contributed by atoms with E-state index in [1.165, 1.54) is 11.3 Å². The normalized spacial score (nSPS) is 10.9. The summed E-state index contributed by atoms with van der Waals surface area (Å²) in [6.07, 6.45) is 1.59. The first-order valence-corrected chi connectivity index (χ1v) is 9.30. The molecule has 4 aromatic rings. The van der Waals surface area contributed by atoms with Crippen LogP contribution in [0.1, 0.15) is 26.8 Å². The Kier molecular flexibility index (Phi) is 4.37. The van der Waals surface area contributed by atoms with Gasteiger partial charge in [-0.2, -0.15) is 5.10 Å². The molecule has 7 heteroatoms. The van der Waals surface area contributed by atoms with Gasteiger partial charge in [0.05, 0.1) is 29.0 Å². The van der Waals surface area contributed by atoms with Gasteiger partial charge in [0.25, 0.3) is 5.91 Å². The van der Waals surface area contributed by atoms with Crippen molar-refractivity contribution in [3.05, 3.63) is 70.7 Å². The maximum Gasteiger partial charge on any atom is 0.275 e. The van der Waals surface area contributed by atoms with E-state index >= 15 is 0 Å². The van der Waals surface area contributed by atoms with Crippen molar-refractivity contribution in [1.29, 1.82) is 0 Å². The van der Waals surface area contributed by atoms with Gasteiger partial charge in [0.2, 0.25) is 0 Å². The number of rotatable bonds is 4. The molecule has 0 bridgehead atoms. The van der Waals surface area contributed by atoms with E-state index in [0.717, 1.165) is 22.0 Å². The zero-order valence-corrected chi connectivity index (χ0v) is 16.0. The van der Waals surface area contributed by atoms with Crippen molar-refractivity contribution in [2.75, 3.05) is 5.32 Å². The van der Waals surface area contributed by atoms with E-state index in [9.17, 15) is 4.79 Å². The number of nitrogens with zero attached hydrogens (tertiary/aromatic N) is 3. The molecule has 136 valence electrons. The number of nitrogens with one attached hydrogen (secondary N) is 1. The van der Waals surface area contributed by atoms with Crippen LogP contribution in [0, 0.1) is 20.8 Å². The molecular formula is C20H18N4O2S. The Balaban J connectivity index is 1.64. The molecule has 0 aliphatic heterocycles. The SMILES string of the molecule is Cc1nn(-c2ccccc2)c(C)c1NC(=O)c1nc(-c2ccco2)sc1C. The molecule has 4 rings (SSSR count). The van der Waals surface area contributed by atoms with Crippen LogP contribution in [0.15, 0.2) is 53.1 Å². The number of thiazole rings is 1. The van der Waals surface area contributed by atoms with Gasteiger partial charge in [-0.3, -0.25) is 4.79 Å². The number of anilines is 1. The summed E-state index contributed by atoms with van der Waals surface area (Å²) >= 11 is 1.43. The van der Waals surface area contributed by atoms with Crippen LogP contribution in [-0.4, -0.2) is 20.7 Å². The quantitative estimate of drug-likeness (QED) is 0.555. The summed E-state index contributed by atoms with van der Waals surface area (Å²) in [4.78, 5) is 18.1. The van der Waals surface area contributed by atoms with E-state index in [0.29, 0.717) is 22.1 Å². The molecule has 27 heavy (non-hydrogen) atoms. The van der Waals surface area contributed by atoms with Gasteiger partial charge in [0.1, 0.15) is 5.69 Å². The van der Waals surface area contributed by atoms with Crippen molar-refractivity contribution in [2.45, 2.75) is 20.8 Å². The summed E-state index contributed by atoms with van der Waals surface area (Å²) in [5.41, 5.74) is 3.67. The third-order valence-corrected chi connectivity index (χ3v) is 5.26. The van der Waals surface area contributed by atoms with E-state index < -0.39 is 0 Å². The Morgan fingerprint density at radius 1 is 1.11 bits per heavy atom. The van der Waals surface area contributed by atoms with Crippen molar-refractivity contribution in [2.24, 2.45) is 0 Å². The maximum atomic E-state index is 12.8. The number of hydrogen-bond acceptors (Lipinski definition) is 5. The first kappa shape index (κ1) is 17.2. The number of para-hydroxylation sites is 1. The second-order valence-corrected chi connectivity index (χ2v) is 7.35. The molecule has 0 saturated heterocycles. The molecule has 6 nitrogen and oxygen atoms in total. The molecule has 0 aliphatic carbocycles. The minimum absolute atomic E-state index is 0.250. The fraction of sp³-hybridized carbons (Fsp3) is 0.150. The second-order valence-electron chi connectivity index (χ2n) is 6.15. The van der Waals surface area contributed by atoms with Crippen molar-refractivity contribution in [3.63, 3.8) is 0 Å². The molecule has 1 N–H and O–H groups in total. The standard InChI is InChI=1S/C20H18N4O2S/c1-12-17(13(2)24(23-12)15-8-5-4-6-9-15)21-19(25)18-14(3)27-20(22-18)16-10-7-11-26-16/h4-11H,1-3H3,(H,21,25). The number of aromatic nitrogens is 3. The van der Waals surface area contributed by atoms with Crippen LogP contribution in [0.5, 0.6) is 0 Å². The maximum absolute atomic E-state index is 12.8. The summed E-state index contributed by atoms with van der Waals surface area (Å²) < 4.78 is 7.21. The molecule has 0 fully saturated rings. The fourth-order valence-corrected chi connectivity index (χ4v) is 3.81. The minimum atomic E-state index is -0.250. The highest BCUT2D eigenvalue weighted by Crippen LogP contribution is 2.29. The highest BCUT2D eigenvalue weighted by atomic mass is 32.1. The Bertz CT molecular complexity index is 1090. The summed E-state index contributed by atoms with van der Waals surface area (Å²) in [6, 6.07) is 13.5. The van der Waals surface area contributed by atoms with Crippen molar-refractivity contribution < 1.29 is 9.21 Å². The second kappa shape index (κ2) is 6.85. The third kappa shape index (κ3) is 3.17. The highest BCUT2D eigenvalue weighted by Gasteiger charge is 2.21. The van der Waals surface area contributed by atoms with Gasteiger partial charge in [-0.1, -0.05) is 18.2 Å². The topological polar surface area (TPSA) is 73.0 Å². The van der Waals surface area contributed by atoms with Gasteiger partial charge >= 0.3 is 0 Å². The molecule has 0 unspecified atom stereocenters. The lowest BCUT2D eigenvalue weighted by molar-refractivity contribution is 0.102. The van der Waals surface area contributed by atoms with Gasteiger partial charge in [0.15, 0.2) is 10.8 Å². The average Bonchev–Trinajstić information content (AvgIpc) is 3.38. The van der Waals surface area contributed by atoms with E-state index in [1.54, 1.807) is 12.3 Å². The molecule has 3 aromatic heterocycles. The highest BCUT2D eigenvalue weighted by molar-refractivity contribution is 7.15. The third-order valence-electron chi connectivity index (χ3n) is 4.27. The molecule has 3 heterocycles. The zero-order chi connectivity index (χ0) is 19.0. The Hall–Kier alpha value is -3.19. The van der Waals surface area contributed by atoms with E-state index in [1.807, 2.05) is 61.9 Å². The number of furan rings is 1. The van der Waals surface area contributed by atoms with Crippen molar-refractivity contribution >= 4 is 22.9 Å². The first-order valence-electron chi connectivity index (χ1n) is 8.49. The van der Waals surface area contributed by atoms with Crippen LogP contribution in [-0.2, 0) is 0 Å². The lowest BCUT2D eigenvalue weighted by atomic mass is 10.2. The molecule has 0 aliphatic rings. The monoisotopic (exact) mass is 378 g/mol. The predicted octanol–water partition coefficient (Wildman–Crippen LogP) is 4.77. The molecular weight excluding hydrogens is 360 g/mol. The number of carbonyl (C=O) groups is 1. The smallest absolute Gasteiger partial charge is 0.275 e. The Morgan fingerprint density at radius 2 is 1.89 bits per heavy atom. The van der Waals surface area contributed by atoms with E-state index in [-0.39, 0.29) is 5.91 Å². The largest absolute Gasteiger partial charge is 0.462 e. The summed E-state index contributed by atoms with van der Waals surface area (Å²) in [7, 11) is 0. The van der Waals surface area contributed by atoms with Crippen LogP contribution in [0.3, 0.4) is 0 Å². The number of hydrogen-bond donors (Lipinski definition) is 1. The van der Waals surface area contributed by atoms with Crippen LogP contribution >= 0.6 is 11.3 Å². The van der Waals surface area contributed by atoms with Crippen molar-refractivity contribution in [3.8, 4) is 16.5 Å². The zero-order valence-electron chi connectivity index (χ0n) is 15.2. The number of benzene rings is 1. The van der Waals surface area contributed by atoms with E-state index in [4.69, 9.17) is 4.42 Å². The number of carbonyl (C=O) groups excluding carboxylic acids is 1. The van der Waals surface area contributed by atoms with Crippen LogP contribution in [0.2, 0.25) is 0 Å². The Labute approximate surface area is 160 Å². The molecule has 0 atom stereocenters. The molecule has 0 spiro atoms. The summed E-state index contributed by atoms with van der Waals surface area (Å²) in [5.74, 6) is 0.409. The molecule has 1 amide bonds. The number of amides is 1. The van der Waals surface area contributed by atoms with E-state index in [2.05, 4.69) is 15.4 Å². The fourth-order valence-electron chi connectivity index (χ4n) is 2.93. The lowest BCUT2D eigenvalue weighted by Gasteiger charge is -2.06.